The molecule has 1 aromatic carbocycles. The van der Waals surface area contributed by atoms with E-state index >= 15 is 0 Å². The minimum Gasteiger partial charge on any atom is -0.460 e. The van der Waals surface area contributed by atoms with Gasteiger partial charge in [0.25, 0.3) is 5.78 Å². The highest BCUT2D eigenvalue weighted by Crippen LogP contribution is 2.25. The second-order valence-electron chi connectivity index (χ2n) is 2.80. The van der Waals surface area contributed by atoms with Crippen molar-refractivity contribution in [2.24, 2.45) is 0 Å². The average molecular weight is 265 g/mol. The molecule has 0 saturated carbocycles. The maximum Gasteiger partial charge on any atom is 0.379 e. The Hall–Kier alpha value is -1.13. The Labute approximate surface area is 101 Å². The van der Waals surface area contributed by atoms with E-state index in [4.69, 9.17) is 23.2 Å². The Balaban J connectivity index is 3.13. The van der Waals surface area contributed by atoms with Crippen molar-refractivity contribution >= 4 is 35.0 Å². The molecule has 0 fully saturated rings. The van der Waals surface area contributed by atoms with Crippen LogP contribution in [0.4, 0.5) is 4.39 Å². The topological polar surface area (TPSA) is 43.4 Å². The van der Waals surface area contributed by atoms with Crippen molar-refractivity contribution in [3.63, 3.8) is 0 Å². The van der Waals surface area contributed by atoms with E-state index in [-0.39, 0.29) is 17.2 Å². The molecule has 0 bridgehead atoms. The summed E-state index contributed by atoms with van der Waals surface area (Å²) in [5.74, 6) is -2.97. The van der Waals surface area contributed by atoms with Crippen LogP contribution in [0.5, 0.6) is 0 Å². The Morgan fingerprint density at radius 1 is 1.38 bits per heavy atom. The van der Waals surface area contributed by atoms with E-state index in [2.05, 4.69) is 4.74 Å². The van der Waals surface area contributed by atoms with Crippen molar-refractivity contribution in [2.75, 3.05) is 6.61 Å². The molecular formula is C10H7Cl2FO3. The Kier molecular flexibility index (Phi) is 4.26. The predicted molar refractivity (Wildman–Crippen MR) is 57.4 cm³/mol. The lowest BCUT2D eigenvalue weighted by atomic mass is 10.1. The summed E-state index contributed by atoms with van der Waals surface area (Å²) in [4.78, 5) is 22.6. The summed E-state index contributed by atoms with van der Waals surface area (Å²) >= 11 is 11.1. The molecule has 0 amide bonds. The van der Waals surface area contributed by atoms with E-state index in [0.29, 0.717) is 0 Å². The SMILES string of the molecule is CCOC(=O)C(=O)c1cc(Cl)cc(F)c1Cl. The smallest absolute Gasteiger partial charge is 0.379 e. The Morgan fingerprint density at radius 2 is 2.00 bits per heavy atom. The largest absolute Gasteiger partial charge is 0.460 e. The van der Waals surface area contributed by atoms with Crippen molar-refractivity contribution in [1.82, 2.24) is 0 Å². The third kappa shape index (κ3) is 2.71. The number of Topliss-reactive ketones (excluding diaryl/α,β-unsaturated/α-hetero) is 1. The van der Waals surface area contributed by atoms with Crippen molar-refractivity contribution < 1.29 is 18.7 Å². The maximum absolute atomic E-state index is 13.1. The fourth-order valence-electron chi connectivity index (χ4n) is 1.03. The number of carbonyl (C=O) groups excluding carboxylic acids is 2. The van der Waals surface area contributed by atoms with Crippen LogP contribution < -0.4 is 0 Å². The maximum atomic E-state index is 13.1. The fraction of sp³-hybridized carbons (Fsp3) is 0.200. The van der Waals surface area contributed by atoms with Gasteiger partial charge in [0.05, 0.1) is 17.2 Å². The first kappa shape index (κ1) is 12.9. The van der Waals surface area contributed by atoms with Crippen LogP contribution in [-0.4, -0.2) is 18.4 Å². The lowest BCUT2D eigenvalue weighted by Gasteiger charge is -2.04. The van der Waals surface area contributed by atoms with Crippen LogP contribution in [0, 0.1) is 5.82 Å². The molecule has 3 nitrogen and oxygen atoms in total. The first-order valence-corrected chi connectivity index (χ1v) is 5.09. The molecule has 0 atom stereocenters. The summed E-state index contributed by atoms with van der Waals surface area (Å²) in [6, 6.07) is 2.07. The average Bonchev–Trinajstić information content (AvgIpc) is 2.22. The third-order valence-electron chi connectivity index (χ3n) is 1.70. The van der Waals surface area contributed by atoms with Gasteiger partial charge in [0.15, 0.2) is 0 Å². The molecule has 0 saturated heterocycles. The summed E-state index contributed by atoms with van der Waals surface area (Å²) in [6.45, 7) is 1.59. The van der Waals surface area contributed by atoms with Gasteiger partial charge in [-0.3, -0.25) is 4.79 Å². The highest BCUT2D eigenvalue weighted by molar-refractivity contribution is 6.46. The van der Waals surface area contributed by atoms with Gasteiger partial charge in [0.1, 0.15) is 5.82 Å². The number of esters is 1. The summed E-state index contributed by atoms with van der Waals surface area (Å²) in [7, 11) is 0. The number of hydrogen-bond donors (Lipinski definition) is 0. The van der Waals surface area contributed by atoms with Crippen LogP contribution in [-0.2, 0) is 9.53 Å². The summed E-state index contributed by atoms with van der Waals surface area (Å²) in [5, 5.41) is -0.461. The quantitative estimate of drug-likeness (QED) is 0.365. The van der Waals surface area contributed by atoms with Gasteiger partial charge in [-0.05, 0) is 19.1 Å². The molecule has 86 valence electrons. The number of halogens is 3. The zero-order valence-electron chi connectivity index (χ0n) is 8.22. The normalized spacial score (nSPS) is 10.0. The van der Waals surface area contributed by atoms with Crippen molar-refractivity contribution in [3.8, 4) is 0 Å². The second kappa shape index (κ2) is 5.27. The molecule has 0 radical (unpaired) electrons. The van der Waals surface area contributed by atoms with E-state index in [1.807, 2.05) is 0 Å². The molecule has 0 aromatic heterocycles. The second-order valence-corrected chi connectivity index (χ2v) is 3.61. The standard InChI is InChI=1S/C10H7Cl2FO3/c1-2-16-10(15)9(14)6-3-5(11)4-7(13)8(6)12/h3-4H,2H2,1H3. The lowest BCUT2D eigenvalue weighted by molar-refractivity contribution is -0.137. The van der Waals surface area contributed by atoms with Crippen LogP contribution in [0.3, 0.4) is 0 Å². The van der Waals surface area contributed by atoms with E-state index < -0.39 is 22.6 Å². The van der Waals surface area contributed by atoms with Crippen molar-refractivity contribution in [1.29, 1.82) is 0 Å². The molecule has 0 spiro atoms. The molecule has 0 unspecified atom stereocenters. The number of ketones is 1. The van der Waals surface area contributed by atoms with E-state index in [1.165, 1.54) is 0 Å². The van der Waals surface area contributed by atoms with Crippen molar-refractivity contribution in [3.05, 3.63) is 33.6 Å². The summed E-state index contributed by atoms with van der Waals surface area (Å²) in [5.41, 5.74) is -0.301. The lowest BCUT2D eigenvalue weighted by Crippen LogP contribution is -2.18. The number of carbonyl (C=O) groups is 2. The van der Waals surface area contributed by atoms with Crippen molar-refractivity contribution in [2.45, 2.75) is 6.92 Å². The Morgan fingerprint density at radius 3 is 2.56 bits per heavy atom. The summed E-state index contributed by atoms with van der Waals surface area (Å²) in [6.07, 6.45) is 0. The van der Waals surface area contributed by atoms with E-state index in [9.17, 15) is 14.0 Å². The molecule has 1 aromatic rings. The first-order chi connectivity index (χ1) is 7.47. The highest BCUT2D eigenvalue weighted by atomic mass is 35.5. The molecule has 0 N–H and O–H groups in total. The van der Waals surface area contributed by atoms with E-state index in [0.717, 1.165) is 12.1 Å². The van der Waals surface area contributed by atoms with Gasteiger partial charge in [-0.1, -0.05) is 23.2 Å². The van der Waals surface area contributed by atoms with E-state index in [1.54, 1.807) is 6.92 Å². The highest BCUT2D eigenvalue weighted by Gasteiger charge is 2.22. The number of benzene rings is 1. The van der Waals surface area contributed by atoms with Crippen LogP contribution >= 0.6 is 23.2 Å². The van der Waals surface area contributed by atoms with Gasteiger partial charge in [0, 0.05) is 5.02 Å². The molecular weight excluding hydrogens is 258 g/mol. The molecule has 0 aliphatic rings. The number of rotatable bonds is 3. The molecule has 1 rings (SSSR count). The summed E-state index contributed by atoms with van der Waals surface area (Å²) < 4.78 is 17.6. The van der Waals surface area contributed by atoms with Gasteiger partial charge in [-0.2, -0.15) is 0 Å². The Bertz CT molecular complexity index is 446. The van der Waals surface area contributed by atoms with Crippen LogP contribution in [0.25, 0.3) is 0 Å². The minimum atomic E-state index is -1.09. The van der Waals surface area contributed by atoms with Crippen LogP contribution in [0.15, 0.2) is 12.1 Å². The fourth-order valence-corrected chi connectivity index (χ4v) is 1.43. The van der Waals surface area contributed by atoms with Gasteiger partial charge in [0.2, 0.25) is 0 Å². The number of hydrogen-bond acceptors (Lipinski definition) is 3. The minimum absolute atomic E-state index is 0.0189. The van der Waals surface area contributed by atoms with Gasteiger partial charge < -0.3 is 4.74 Å². The molecule has 16 heavy (non-hydrogen) atoms. The zero-order valence-corrected chi connectivity index (χ0v) is 9.73. The van der Waals surface area contributed by atoms with Crippen LogP contribution in [0.1, 0.15) is 17.3 Å². The van der Waals surface area contributed by atoms with Crippen LogP contribution in [0.2, 0.25) is 10.0 Å². The first-order valence-electron chi connectivity index (χ1n) is 4.33. The van der Waals surface area contributed by atoms with Gasteiger partial charge in [-0.25, -0.2) is 9.18 Å². The predicted octanol–water partition coefficient (Wildman–Crippen LogP) is 2.88. The molecule has 6 heteroatoms. The molecule has 0 aliphatic carbocycles. The third-order valence-corrected chi connectivity index (χ3v) is 2.30. The zero-order chi connectivity index (χ0) is 12.3. The molecule has 0 heterocycles. The monoisotopic (exact) mass is 264 g/mol. The van der Waals surface area contributed by atoms with Gasteiger partial charge in [-0.15, -0.1) is 0 Å². The van der Waals surface area contributed by atoms with Gasteiger partial charge >= 0.3 is 5.97 Å². The molecule has 0 aliphatic heterocycles. The number of ether oxygens (including phenoxy) is 1.